The van der Waals surface area contributed by atoms with Crippen molar-refractivity contribution in [3.05, 3.63) is 60.3 Å². The third-order valence-electron chi connectivity index (χ3n) is 5.28. The molecule has 1 aromatic heterocycles. The van der Waals surface area contributed by atoms with E-state index in [0.29, 0.717) is 19.5 Å². The van der Waals surface area contributed by atoms with E-state index in [1.165, 1.54) is 4.31 Å². The molecule has 132 valence electrons. The maximum Gasteiger partial charge on any atom is 0.224 e. The van der Waals surface area contributed by atoms with Gasteiger partial charge >= 0.3 is 0 Å². The molecule has 2 aliphatic rings. The van der Waals surface area contributed by atoms with E-state index in [-0.39, 0.29) is 13.1 Å². The first-order valence-corrected chi connectivity index (χ1v) is 9.85. The maximum atomic E-state index is 13.2. The molecule has 2 atom stereocenters. The quantitative estimate of drug-likeness (QED) is 0.892. The first kappa shape index (κ1) is 16.5. The fraction of sp³-hybridized carbons (Fsp3) is 0.389. The summed E-state index contributed by atoms with van der Waals surface area (Å²) < 4.78 is 26.7. The highest BCUT2D eigenvalue weighted by molar-refractivity contribution is 7.90. The van der Waals surface area contributed by atoms with E-state index in [1.807, 2.05) is 53.4 Å². The number of aliphatic hydroxyl groups excluding tert-OH is 1. The minimum Gasteiger partial charge on any atom is -0.390 e. The van der Waals surface area contributed by atoms with Gasteiger partial charge in [0.15, 0.2) is 0 Å². The van der Waals surface area contributed by atoms with E-state index in [9.17, 15) is 13.5 Å². The van der Waals surface area contributed by atoms with E-state index < -0.39 is 20.9 Å². The Kier molecular flexibility index (Phi) is 4.02. The monoisotopic (exact) mass is 359 g/mol. The van der Waals surface area contributed by atoms with Gasteiger partial charge in [-0.2, -0.15) is 4.31 Å². The molecular weight excluding hydrogens is 338 g/mol. The maximum absolute atomic E-state index is 13.2. The van der Waals surface area contributed by atoms with Gasteiger partial charge in [0.1, 0.15) is 10.6 Å². The molecule has 0 aliphatic carbocycles. The zero-order valence-corrected chi connectivity index (χ0v) is 14.6. The predicted octanol–water partition coefficient (Wildman–Crippen LogP) is 1.24. The van der Waals surface area contributed by atoms with Crippen LogP contribution in [0.25, 0.3) is 0 Å². The summed E-state index contributed by atoms with van der Waals surface area (Å²) in [4.78, 5) is 6.26. The Morgan fingerprint density at radius 1 is 1.16 bits per heavy atom. The highest BCUT2D eigenvalue weighted by Crippen LogP contribution is 2.42. The topological polar surface area (TPSA) is 73.7 Å². The number of β-amino-alcohol motifs (C(OH)–C–C–N with tert-alkyl or cyclic N) is 1. The first-order chi connectivity index (χ1) is 12.0. The molecule has 1 N–H and O–H groups in total. The predicted molar refractivity (Wildman–Crippen MR) is 95.6 cm³/mol. The number of aromatic nitrogens is 1. The van der Waals surface area contributed by atoms with Gasteiger partial charge in [-0.25, -0.2) is 13.4 Å². The lowest BCUT2D eigenvalue weighted by molar-refractivity contribution is 0.133. The lowest BCUT2D eigenvalue weighted by Crippen LogP contribution is -2.48. The van der Waals surface area contributed by atoms with Crippen molar-refractivity contribution in [1.29, 1.82) is 0 Å². The minimum atomic E-state index is -3.60. The minimum absolute atomic E-state index is 0.146. The zero-order valence-electron chi connectivity index (χ0n) is 13.8. The number of anilines is 1. The summed E-state index contributed by atoms with van der Waals surface area (Å²) in [6.07, 6.45) is 1.22. The van der Waals surface area contributed by atoms with Crippen LogP contribution in [0.3, 0.4) is 0 Å². The second kappa shape index (κ2) is 6.09. The number of benzene rings is 1. The fourth-order valence-corrected chi connectivity index (χ4v) is 6.10. The number of aliphatic hydroxyl groups is 1. The molecule has 7 heteroatoms. The molecule has 0 saturated carbocycles. The van der Waals surface area contributed by atoms with Crippen molar-refractivity contribution < 1.29 is 13.5 Å². The van der Waals surface area contributed by atoms with Crippen molar-refractivity contribution in [2.75, 3.05) is 24.5 Å². The van der Waals surface area contributed by atoms with Crippen LogP contribution in [0.15, 0.2) is 54.7 Å². The summed E-state index contributed by atoms with van der Waals surface area (Å²) in [6, 6.07) is 15.1. The number of sulfonamides is 1. The normalized spacial score (nSPS) is 28.7. The average Bonchev–Trinajstić information content (AvgIpc) is 3.16. The SMILES string of the molecule is O=S1(=O)N(Cc2ccccc2)C[C@@H](O)[C@]12CCN(c1ccccn1)C2. The van der Waals surface area contributed by atoms with Crippen molar-refractivity contribution in [3.8, 4) is 0 Å². The molecule has 0 amide bonds. The van der Waals surface area contributed by atoms with Crippen LogP contribution in [0.4, 0.5) is 5.82 Å². The van der Waals surface area contributed by atoms with E-state index in [0.717, 1.165) is 11.4 Å². The third-order valence-corrected chi connectivity index (χ3v) is 7.87. The van der Waals surface area contributed by atoms with E-state index in [2.05, 4.69) is 4.98 Å². The number of hydrogen-bond donors (Lipinski definition) is 1. The highest BCUT2D eigenvalue weighted by Gasteiger charge is 2.61. The lowest BCUT2D eigenvalue weighted by Gasteiger charge is -2.27. The summed E-state index contributed by atoms with van der Waals surface area (Å²) in [6.45, 7) is 1.30. The van der Waals surface area contributed by atoms with Gasteiger partial charge in [0.2, 0.25) is 10.0 Å². The number of rotatable bonds is 3. The zero-order chi connectivity index (χ0) is 17.5. The van der Waals surface area contributed by atoms with Gasteiger partial charge in [-0.05, 0) is 24.1 Å². The smallest absolute Gasteiger partial charge is 0.224 e. The Morgan fingerprint density at radius 3 is 2.64 bits per heavy atom. The Balaban J connectivity index is 1.60. The van der Waals surface area contributed by atoms with Crippen LogP contribution < -0.4 is 4.90 Å². The molecular formula is C18H21N3O3S. The number of pyridine rings is 1. The molecule has 1 aromatic carbocycles. The molecule has 4 rings (SSSR count). The third kappa shape index (κ3) is 2.63. The van der Waals surface area contributed by atoms with Crippen molar-refractivity contribution in [3.63, 3.8) is 0 Å². The molecule has 0 radical (unpaired) electrons. The van der Waals surface area contributed by atoms with Crippen LogP contribution in [0.1, 0.15) is 12.0 Å². The van der Waals surface area contributed by atoms with Gasteiger partial charge in [-0.3, -0.25) is 0 Å². The molecule has 3 heterocycles. The summed E-state index contributed by atoms with van der Waals surface area (Å²) in [5, 5.41) is 10.7. The van der Waals surface area contributed by atoms with Crippen molar-refractivity contribution >= 4 is 15.8 Å². The molecule has 1 spiro atoms. The van der Waals surface area contributed by atoms with Crippen LogP contribution in [0.5, 0.6) is 0 Å². The van der Waals surface area contributed by atoms with Crippen LogP contribution in [0, 0.1) is 0 Å². The second-order valence-electron chi connectivity index (χ2n) is 6.72. The second-order valence-corrected chi connectivity index (χ2v) is 9.00. The van der Waals surface area contributed by atoms with Crippen molar-refractivity contribution in [2.45, 2.75) is 23.8 Å². The van der Waals surface area contributed by atoms with Gasteiger partial charge in [0.05, 0.1) is 6.10 Å². The first-order valence-electron chi connectivity index (χ1n) is 8.41. The molecule has 25 heavy (non-hydrogen) atoms. The summed E-state index contributed by atoms with van der Waals surface area (Å²) >= 11 is 0. The molecule has 2 saturated heterocycles. The van der Waals surface area contributed by atoms with Crippen molar-refractivity contribution in [2.24, 2.45) is 0 Å². The van der Waals surface area contributed by atoms with E-state index >= 15 is 0 Å². The van der Waals surface area contributed by atoms with E-state index in [4.69, 9.17) is 0 Å². The largest absolute Gasteiger partial charge is 0.390 e. The van der Waals surface area contributed by atoms with Crippen molar-refractivity contribution in [1.82, 2.24) is 9.29 Å². The molecule has 2 fully saturated rings. The van der Waals surface area contributed by atoms with Gasteiger partial charge in [0.25, 0.3) is 0 Å². The van der Waals surface area contributed by atoms with Crippen LogP contribution >= 0.6 is 0 Å². The summed E-state index contributed by atoms with van der Waals surface area (Å²) in [7, 11) is -3.60. The van der Waals surface area contributed by atoms with Gasteiger partial charge < -0.3 is 10.0 Å². The fourth-order valence-electron chi connectivity index (χ4n) is 3.85. The molecule has 2 aromatic rings. The summed E-state index contributed by atoms with van der Waals surface area (Å²) in [5.41, 5.74) is 0.926. The van der Waals surface area contributed by atoms with Crippen LogP contribution in [0.2, 0.25) is 0 Å². The Morgan fingerprint density at radius 2 is 1.92 bits per heavy atom. The number of nitrogens with zero attached hydrogens (tertiary/aromatic N) is 3. The molecule has 6 nitrogen and oxygen atoms in total. The van der Waals surface area contributed by atoms with Crippen LogP contribution in [-0.4, -0.2) is 53.3 Å². The average molecular weight is 359 g/mol. The Labute approximate surface area is 147 Å². The van der Waals surface area contributed by atoms with Gasteiger partial charge in [-0.15, -0.1) is 0 Å². The van der Waals surface area contributed by atoms with Gasteiger partial charge in [-0.1, -0.05) is 36.4 Å². The molecule has 2 aliphatic heterocycles. The summed E-state index contributed by atoms with van der Waals surface area (Å²) in [5.74, 6) is 0.753. The Hall–Kier alpha value is -1.96. The standard InChI is InChI=1S/C18H21N3O3S/c22-16-13-21(12-15-6-2-1-3-7-15)25(23,24)18(16)9-11-20(14-18)17-8-4-5-10-19-17/h1-8,10,16,22H,9,11-14H2/t16-,18-/m1/s1. The number of hydrogen-bond acceptors (Lipinski definition) is 5. The van der Waals surface area contributed by atoms with Gasteiger partial charge in [0, 0.05) is 32.4 Å². The molecule has 0 bridgehead atoms. The lowest BCUT2D eigenvalue weighted by atomic mass is 10.0. The van der Waals surface area contributed by atoms with Crippen LogP contribution in [-0.2, 0) is 16.6 Å². The van der Waals surface area contributed by atoms with E-state index in [1.54, 1.807) is 6.20 Å². The Bertz CT molecular complexity index is 844. The molecule has 0 unspecified atom stereocenters. The highest BCUT2D eigenvalue weighted by atomic mass is 32.2.